The van der Waals surface area contributed by atoms with Crippen LogP contribution in [0.2, 0.25) is 0 Å². The number of para-hydroxylation sites is 1. The molecule has 1 aromatic carbocycles. The summed E-state index contributed by atoms with van der Waals surface area (Å²) in [5.74, 6) is 1.74. The van der Waals surface area contributed by atoms with Crippen LogP contribution in [0.25, 0.3) is 11.1 Å². The van der Waals surface area contributed by atoms with Gasteiger partial charge in [-0.2, -0.15) is 0 Å². The molecule has 2 aromatic rings. The molecule has 1 aliphatic rings. The van der Waals surface area contributed by atoms with Gasteiger partial charge in [-0.15, -0.1) is 0 Å². The molecule has 1 saturated carbocycles. The molecule has 0 N–H and O–H groups in total. The van der Waals surface area contributed by atoms with Crippen LogP contribution in [-0.2, 0) is 0 Å². The number of benzene rings is 1. The van der Waals surface area contributed by atoms with Gasteiger partial charge in [0.15, 0.2) is 0 Å². The number of hydrogen-bond donors (Lipinski definition) is 0. The van der Waals surface area contributed by atoms with Gasteiger partial charge in [-0.05, 0) is 37.8 Å². The highest BCUT2D eigenvalue weighted by Crippen LogP contribution is 2.33. The van der Waals surface area contributed by atoms with Gasteiger partial charge >= 0.3 is 0 Å². The molecular formula is C16H17NO. The molecule has 18 heavy (non-hydrogen) atoms. The topological polar surface area (TPSA) is 22.1 Å². The summed E-state index contributed by atoms with van der Waals surface area (Å²) in [5, 5.41) is 0. The predicted molar refractivity (Wildman–Crippen MR) is 72.6 cm³/mol. The van der Waals surface area contributed by atoms with Crippen molar-refractivity contribution in [3.63, 3.8) is 0 Å². The molecule has 0 unspecified atom stereocenters. The molecule has 0 radical (unpaired) electrons. The highest BCUT2D eigenvalue weighted by Gasteiger charge is 2.22. The Bertz CT molecular complexity index is 529. The Morgan fingerprint density at radius 1 is 1.17 bits per heavy atom. The number of nitrogens with zero attached hydrogens (tertiary/aromatic N) is 1. The van der Waals surface area contributed by atoms with Crippen LogP contribution in [0.5, 0.6) is 5.75 Å². The summed E-state index contributed by atoms with van der Waals surface area (Å²) in [6.07, 6.45) is 4.54. The minimum Gasteiger partial charge on any atom is -0.493 e. The van der Waals surface area contributed by atoms with Crippen LogP contribution in [0.3, 0.4) is 0 Å². The minimum atomic E-state index is 0.772. The van der Waals surface area contributed by atoms with E-state index in [0.717, 1.165) is 35.1 Å². The molecule has 1 fully saturated rings. The van der Waals surface area contributed by atoms with E-state index in [1.165, 1.54) is 12.8 Å². The second-order valence-corrected chi connectivity index (χ2v) is 4.94. The van der Waals surface area contributed by atoms with E-state index in [0.29, 0.717) is 0 Å². The Morgan fingerprint density at radius 2 is 2.00 bits per heavy atom. The Morgan fingerprint density at radius 3 is 2.72 bits per heavy atom. The van der Waals surface area contributed by atoms with Crippen molar-refractivity contribution < 1.29 is 4.74 Å². The maximum atomic E-state index is 5.92. The summed E-state index contributed by atoms with van der Waals surface area (Å²) in [5.41, 5.74) is 3.28. The van der Waals surface area contributed by atoms with Crippen molar-refractivity contribution in [2.45, 2.75) is 19.8 Å². The van der Waals surface area contributed by atoms with Gasteiger partial charge in [0.2, 0.25) is 0 Å². The molecule has 1 heterocycles. The lowest BCUT2D eigenvalue weighted by Gasteiger charge is -2.11. The van der Waals surface area contributed by atoms with Gasteiger partial charge in [-0.1, -0.05) is 24.3 Å². The quantitative estimate of drug-likeness (QED) is 0.808. The first kappa shape index (κ1) is 11.3. The van der Waals surface area contributed by atoms with Gasteiger partial charge in [-0.3, -0.25) is 4.98 Å². The smallest absolute Gasteiger partial charge is 0.127 e. The van der Waals surface area contributed by atoms with Gasteiger partial charge in [-0.25, -0.2) is 0 Å². The summed E-state index contributed by atoms with van der Waals surface area (Å²) in [6.45, 7) is 2.84. The van der Waals surface area contributed by atoms with Gasteiger partial charge < -0.3 is 4.74 Å². The molecule has 0 amide bonds. The van der Waals surface area contributed by atoms with Crippen LogP contribution in [-0.4, -0.2) is 11.6 Å². The molecule has 2 heteroatoms. The summed E-state index contributed by atoms with van der Waals surface area (Å²) in [7, 11) is 0. The van der Waals surface area contributed by atoms with Crippen molar-refractivity contribution in [1.29, 1.82) is 0 Å². The predicted octanol–water partition coefficient (Wildman–Crippen LogP) is 3.85. The number of ether oxygens (including phenoxy) is 1. The number of rotatable bonds is 4. The normalized spacial score (nSPS) is 14.5. The van der Waals surface area contributed by atoms with E-state index in [-0.39, 0.29) is 0 Å². The van der Waals surface area contributed by atoms with Gasteiger partial charge in [0.05, 0.1) is 6.61 Å². The van der Waals surface area contributed by atoms with Crippen LogP contribution in [0.4, 0.5) is 0 Å². The summed E-state index contributed by atoms with van der Waals surface area (Å²) in [4.78, 5) is 4.35. The molecule has 0 aliphatic heterocycles. The van der Waals surface area contributed by atoms with Crippen LogP contribution in [0.1, 0.15) is 18.5 Å². The zero-order valence-electron chi connectivity index (χ0n) is 10.6. The van der Waals surface area contributed by atoms with Crippen LogP contribution >= 0.6 is 0 Å². The summed E-state index contributed by atoms with van der Waals surface area (Å²) >= 11 is 0. The lowest BCUT2D eigenvalue weighted by molar-refractivity contribution is 0.301. The molecule has 1 aromatic heterocycles. The second-order valence-electron chi connectivity index (χ2n) is 4.94. The SMILES string of the molecule is Cc1ccc(-c2ccccc2OCC2CC2)cn1. The molecule has 2 nitrogen and oxygen atoms in total. The fourth-order valence-electron chi connectivity index (χ4n) is 1.95. The first-order chi connectivity index (χ1) is 8.83. The number of hydrogen-bond acceptors (Lipinski definition) is 2. The monoisotopic (exact) mass is 239 g/mol. The van der Waals surface area contributed by atoms with E-state index in [2.05, 4.69) is 17.1 Å². The molecule has 0 saturated heterocycles. The number of pyridine rings is 1. The summed E-state index contributed by atoms with van der Waals surface area (Å²) < 4.78 is 5.92. The second kappa shape index (κ2) is 4.81. The van der Waals surface area contributed by atoms with Crippen molar-refractivity contribution in [3.05, 3.63) is 48.3 Å². The molecular weight excluding hydrogens is 222 g/mol. The molecule has 3 rings (SSSR count). The van der Waals surface area contributed by atoms with Crippen molar-refractivity contribution in [3.8, 4) is 16.9 Å². The minimum absolute atomic E-state index is 0.772. The lowest BCUT2D eigenvalue weighted by Crippen LogP contribution is -2.00. The van der Waals surface area contributed by atoms with E-state index in [1.54, 1.807) is 0 Å². The number of aromatic nitrogens is 1. The standard InChI is InChI=1S/C16H17NO/c1-12-6-9-14(10-17-12)15-4-2-3-5-16(15)18-11-13-7-8-13/h2-6,9-10,13H,7-8,11H2,1H3. The first-order valence-electron chi connectivity index (χ1n) is 6.48. The maximum Gasteiger partial charge on any atom is 0.127 e. The average Bonchev–Trinajstić information content (AvgIpc) is 3.22. The first-order valence-corrected chi connectivity index (χ1v) is 6.48. The third-order valence-corrected chi connectivity index (χ3v) is 3.28. The molecule has 0 atom stereocenters. The third-order valence-electron chi connectivity index (χ3n) is 3.28. The van der Waals surface area contributed by atoms with E-state index in [9.17, 15) is 0 Å². The fraction of sp³-hybridized carbons (Fsp3) is 0.312. The van der Waals surface area contributed by atoms with Gasteiger partial charge in [0.1, 0.15) is 5.75 Å². The van der Waals surface area contributed by atoms with E-state index < -0.39 is 0 Å². The van der Waals surface area contributed by atoms with Crippen LogP contribution in [0.15, 0.2) is 42.6 Å². The molecule has 0 bridgehead atoms. The zero-order valence-corrected chi connectivity index (χ0v) is 10.6. The average molecular weight is 239 g/mol. The highest BCUT2D eigenvalue weighted by atomic mass is 16.5. The lowest BCUT2D eigenvalue weighted by atomic mass is 10.1. The Balaban J connectivity index is 1.87. The zero-order chi connectivity index (χ0) is 12.4. The van der Waals surface area contributed by atoms with Crippen molar-refractivity contribution in [2.75, 3.05) is 6.61 Å². The summed E-state index contributed by atoms with van der Waals surface area (Å²) in [6, 6.07) is 12.3. The van der Waals surface area contributed by atoms with E-state index in [4.69, 9.17) is 4.74 Å². The Hall–Kier alpha value is -1.83. The maximum absolute atomic E-state index is 5.92. The number of aryl methyl sites for hydroxylation is 1. The van der Waals surface area contributed by atoms with Crippen molar-refractivity contribution in [2.24, 2.45) is 5.92 Å². The fourth-order valence-corrected chi connectivity index (χ4v) is 1.95. The third kappa shape index (κ3) is 2.53. The van der Waals surface area contributed by atoms with E-state index in [1.807, 2.05) is 37.4 Å². The van der Waals surface area contributed by atoms with Crippen LogP contribution in [0, 0.1) is 12.8 Å². The van der Waals surface area contributed by atoms with E-state index >= 15 is 0 Å². The molecule has 1 aliphatic carbocycles. The van der Waals surface area contributed by atoms with Gasteiger partial charge in [0.25, 0.3) is 0 Å². The Labute approximate surface area is 108 Å². The van der Waals surface area contributed by atoms with Crippen LogP contribution < -0.4 is 4.74 Å². The molecule has 0 spiro atoms. The van der Waals surface area contributed by atoms with Gasteiger partial charge in [0, 0.05) is 23.0 Å². The molecule has 92 valence electrons. The Kier molecular flexibility index (Phi) is 3.01. The highest BCUT2D eigenvalue weighted by molar-refractivity contribution is 5.69. The van der Waals surface area contributed by atoms with Crippen molar-refractivity contribution in [1.82, 2.24) is 4.98 Å². The van der Waals surface area contributed by atoms with Crippen molar-refractivity contribution >= 4 is 0 Å². The largest absolute Gasteiger partial charge is 0.493 e.